The molecule has 2 N–H and O–H groups in total. The van der Waals surface area contributed by atoms with Gasteiger partial charge in [0.1, 0.15) is 5.75 Å². The molecule has 162 valence electrons. The number of carbonyl (C=O) groups is 3. The van der Waals surface area contributed by atoms with Crippen LogP contribution in [0.3, 0.4) is 0 Å². The molecule has 0 aliphatic carbocycles. The quantitative estimate of drug-likeness (QED) is 0.211. The molecule has 3 aromatic carbocycles. The standard InChI is InChI=1S/C25H23N3O4/c1-16-4-9-20(10-5-16)25(31)32-22-12-7-19(8-13-22)15-26-28-24(30)23(29)27-21-11-6-17(2)18(3)14-21/h4-15H,1-3H3,(H,27,29)(H,28,30)/b26-15+. The summed E-state index contributed by atoms with van der Waals surface area (Å²) in [5.41, 5.74) is 6.98. The summed E-state index contributed by atoms with van der Waals surface area (Å²) in [5, 5.41) is 6.32. The molecule has 2 amide bonds. The van der Waals surface area contributed by atoms with E-state index in [4.69, 9.17) is 4.74 Å². The highest BCUT2D eigenvalue weighted by Gasteiger charge is 2.13. The monoisotopic (exact) mass is 429 g/mol. The Morgan fingerprint density at radius 3 is 2.16 bits per heavy atom. The van der Waals surface area contributed by atoms with Gasteiger partial charge < -0.3 is 10.1 Å². The smallest absolute Gasteiger partial charge is 0.343 e. The van der Waals surface area contributed by atoms with Crippen LogP contribution in [-0.4, -0.2) is 24.0 Å². The van der Waals surface area contributed by atoms with E-state index in [-0.39, 0.29) is 0 Å². The lowest BCUT2D eigenvalue weighted by Crippen LogP contribution is -2.32. The van der Waals surface area contributed by atoms with Gasteiger partial charge in [0.25, 0.3) is 0 Å². The first-order valence-electron chi connectivity index (χ1n) is 9.92. The highest BCUT2D eigenvalue weighted by atomic mass is 16.5. The van der Waals surface area contributed by atoms with Crippen molar-refractivity contribution in [3.63, 3.8) is 0 Å². The van der Waals surface area contributed by atoms with Crippen molar-refractivity contribution in [2.24, 2.45) is 5.10 Å². The van der Waals surface area contributed by atoms with Crippen molar-refractivity contribution < 1.29 is 19.1 Å². The molecular weight excluding hydrogens is 406 g/mol. The average molecular weight is 429 g/mol. The maximum absolute atomic E-state index is 12.2. The van der Waals surface area contributed by atoms with Crippen molar-refractivity contribution in [2.75, 3.05) is 5.32 Å². The normalized spacial score (nSPS) is 10.6. The van der Waals surface area contributed by atoms with E-state index in [9.17, 15) is 14.4 Å². The number of nitrogens with zero attached hydrogens (tertiary/aromatic N) is 1. The molecule has 0 radical (unpaired) electrons. The van der Waals surface area contributed by atoms with E-state index in [1.165, 1.54) is 6.21 Å². The minimum absolute atomic E-state index is 0.379. The van der Waals surface area contributed by atoms with E-state index in [2.05, 4.69) is 15.8 Å². The first-order valence-corrected chi connectivity index (χ1v) is 9.92. The number of anilines is 1. The first-order chi connectivity index (χ1) is 15.3. The van der Waals surface area contributed by atoms with Crippen LogP contribution >= 0.6 is 0 Å². The molecule has 0 aliphatic heterocycles. The molecule has 3 aromatic rings. The maximum Gasteiger partial charge on any atom is 0.343 e. The van der Waals surface area contributed by atoms with Crippen LogP contribution in [0.4, 0.5) is 5.69 Å². The third-order valence-corrected chi connectivity index (χ3v) is 4.73. The number of ether oxygens (including phenoxy) is 1. The van der Waals surface area contributed by atoms with E-state index in [1.807, 2.05) is 39.0 Å². The summed E-state index contributed by atoms with van der Waals surface area (Å²) in [6.07, 6.45) is 1.38. The summed E-state index contributed by atoms with van der Waals surface area (Å²) in [7, 11) is 0. The van der Waals surface area contributed by atoms with E-state index >= 15 is 0 Å². The summed E-state index contributed by atoms with van der Waals surface area (Å²) in [4.78, 5) is 36.1. The molecule has 0 bridgehead atoms. The topological polar surface area (TPSA) is 96.9 Å². The molecule has 0 atom stereocenters. The lowest BCUT2D eigenvalue weighted by atomic mass is 10.1. The third-order valence-electron chi connectivity index (χ3n) is 4.73. The Morgan fingerprint density at radius 1 is 0.812 bits per heavy atom. The number of carbonyl (C=O) groups excluding carboxylic acids is 3. The van der Waals surface area contributed by atoms with Gasteiger partial charge in [0.2, 0.25) is 0 Å². The van der Waals surface area contributed by atoms with Crippen molar-refractivity contribution in [1.29, 1.82) is 0 Å². The minimum atomic E-state index is -0.886. The first kappa shape index (κ1) is 22.4. The molecule has 0 saturated heterocycles. The maximum atomic E-state index is 12.2. The Kier molecular flexibility index (Phi) is 7.13. The molecular formula is C25H23N3O4. The molecule has 0 aliphatic rings. The highest BCUT2D eigenvalue weighted by Crippen LogP contribution is 2.15. The van der Waals surface area contributed by atoms with Gasteiger partial charge in [-0.3, -0.25) is 9.59 Å². The summed E-state index contributed by atoms with van der Waals surface area (Å²) in [6, 6.07) is 19.0. The Balaban J connectivity index is 1.51. The third kappa shape index (κ3) is 6.12. The van der Waals surface area contributed by atoms with Gasteiger partial charge in [0, 0.05) is 5.69 Å². The SMILES string of the molecule is Cc1ccc(C(=O)Oc2ccc(/C=N/NC(=O)C(=O)Nc3ccc(C)c(C)c3)cc2)cc1. The summed E-state index contributed by atoms with van der Waals surface area (Å²) < 4.78 is 5.34. The molecule has 0 fully saturated rings. The molecule has 0 unspecified atom stereocenters. The Morgan fingerprint density at radius 2 is 1.50 bits per heavy atom. The fraction of sp³-hybridized carbons (Fsp3) is 0.120. The highest BCUT2D eigenvalue weighted by molar-refractivity contribution is 6.39. The molecule has 0 saturated carbocycles. The van der Waals surface area contributed by atoms with Crippen LogP contribution in [0.5, 0.6) is 5.75 Å². The van der Waals surface area contributed by atoms with Crippen LogP contribution in [-0.2, 0) is 9.59 Å². The average Bonchev–Trinajstić information content (AvgIpc) is 2.77. The van der Waals surface area contributed by atoms with Gasteiger partial charge in [-0.25, -0.2) is 10.2 Å². The Bertz CT molecular complexity index is 1170. The van der Waals surface area contributed by atoms with Crippen LogP contribution in [0.1, 0.15) is 32.6 Å². The summed E-state index contributed by atoms with van der Waals surface area (Å²) >= 11 is 0. The zero-order valence-electron chi connectivity index (χ0n) is 18.0. The zero-order valence-corrected chi connectivity index (χ0v) is 18.0. The van der Waals surface area contributed by atoms with Gasteiger partial charge in [-0.15, -0.1) is 0 Å². The number of hydrogen-bond donors (Lipinski definition) is 2. The number of aryl methyl sites for hydroxylation is 3. The second kappa shape index (κ2) is 10.2. The van der Waals surface area contributed by atoms with Gasteiger partial charge in [0.15, 0.2) is 0 Å². The Labute approximate surface area is 186 Å². The van der Waals surface area contributed by atoms with Crippen molar-refractivity contribution >= 4 is 29.7 Å². The van der Waals surface area contributed by atoms with Crippen LogP contribution < -0.4 is 15.5 Å². The van der Waals surface area contributed by atoms with Gasteiger partial charge in [-0.1, -0.05) is 23.8 Å². The number of benzene rings is 3. The predicted molar refractivity (Wildman–Crippen MR) is 123 cm³/mol. The molecule has 0 aromatic heterocycles. The van der Waals surface area contributed by atoms with Gasteiger partial charge in [0.05, 0.1) is 11.8 Å². The van der Waals surface area contributed by atoms with E-state index < -0.39 is 17.8 Å². The number of esters is 1. The minimum Gasteiger partial charge on any atom is -0.423 e. The van der Waals surface area contributed by atoms with Crippen molar-refractivity contribution in [3.8, 4) is 5.75 Å². The van der Waals surface area contributed by atoms with Crippen LogP contribution in [0.25, 0.3) is 0 Å². The van der Waals surface area contributed by atoms with E-state index in [1.54, 1.807) is 48.5 Å². The van der Waals surface area contributed by atoms with Gasteiger partial charge in [-0.2, -0.15) is 5.10 Å². The fourth-order valence-electron chi connectivity index (χ4n) is 2.70. The number of hydrogen-bond acceptors (Lipinski definition) is 5. The lowest BCUT2D eigenvalue weighted by Gasteiger charge is -2.06. The van der Waals surface area contributed by atoms with Gasteiger partial charge in [-0.05, 0) is 86.0 Å². The van der Waals surface area contributed by atoms with Crippen LogP contribution in [0, 0.1) is 20.8 Å². The zero-order chi connectivity index (χ0) is 23.1. The molecule has 3 rings (SSSR count). The molecule has 7 nitrogen and oxygen atoms in total. The number of rotatable bonds is 5. The fourth-order valence-corrected chi connectivity index (χ4v) is 2.70. The van der Waals surface area contributed by atoms with Crippen molar-refractivity contribution in [2.45, 2.75) is 20.8 Å². The number of hydrazone groups is 1. The van der Waals surface area contributed by atoms with E-state index in [0.29, 0.717) is 22.6 Å². The molecule has 32 heavy (non-hydrogen) atoms. The summed E-state index contributed by atoms with van der Waals surface area (Å²) in [5.74, 6) is -1.77. The van der Waals surface area contributed by atoms with Crippen LogP contribution in [0.15, 0.2) is 71.8 Å². The second-order valence-corrected chi connectivity index (χ2v) is 7.28. The van der Waals surface area contributed by atoms with Gasteiger partial charge >= 0.3 is 17.8 Å². The molecule has 0 heterocycles. The van der Waals surface area contributed by atoms with Crippen molar-refractivity contribution in [3.05, 3.63) is 94.5 Å². The summed E-state index contributed by atoms with van der Waals surface area (Å²) in [6.45, 7) is 5.82. The largest absolute Gasteiger partial charge is 0.423 e. The van der Waals surface area contributed by atoms with Crippen molar-refractivity contribution in [1.82, 2.24) is 5.43 Å². The van der Waals surface area contributed by atoms with Crippen LogP contribution in [0.2, 0.25) is 0 Å². The Hall–Kier alpha value is -4.26. The van der Waals surface area contributed by atoms with E-state index in [0.717, 1.165) is 16.7 Å². The molecule has 7 heteroatoms. The second-order valence-electron chi connectivity index (χ2n) is 7.28. The number of amides is 2. The number of nitrogens with one attached hydrogen (secondary N) is 2. The predicted octanol–water partition coefficient (Wildman–Crippen LogP) is 3.92. The molecule has 0 spiro atoms. The lowest BCUT2D eigenvalue weighted by molar-refractivity contribution is -0.136.